The summed E-state index contributed by atoms with van der Waals surface area (Å²) in [6.07, 6.45) is 6.33. The zero-order valence-electron chi connectivity index (χ0n) is 12.0. The summed E-state index contributed by atoms with van der Waals surface area (Å²) in [5.41, 5.74) is 1.48. The molecule has 0 aliphatic carbocycles. The number of hydrogen-bond donors (Lipinski definition) is 2. The van der Waals surface area contributed by atoms with Gasteiger partial charge in [0, 0.05) is 24.2 Å². The second-order valence-electron chi connectivity index (χ2n) is 4.69. The van der Waals surface area contributed by atoms with Crippen molar-refractivity contribution >= 4 is 11.8 Å². The molecule has 0 saturated carbocycles. The normalized spacial score (nSPS) is 10.3. The summed E-state index contributed by atoms with van der Waals surface area (Å²) in [7, 11) is 0. The number of carbonyl (C=O) groups is 1. The molecule has 0 spiro atoms. The third-order valence-corrected chi connectivity index (χ3v) is 3.18. The van der Waals surface area contributed by atoms with Gasteiger partial charge < -0.3 is 10.4 Å². The average Bonchev–Trinajstić information content (AvgIpc) is 2.61. The second-order valence-corrected chi connectivity index (χ2v) is 4.69. The van der Waals surface area contributed by atoms with Gasteiger partial charge in [-0.3, -0.25) is 0 Å². The molecule has 3 rings (SSSR count). The van der Waals surface area contributed by atoms with Crippen molar-refractivity contribution in [3.63, 3.8) is 0 Å². The summed E-state index contributed by atoms with van der Waals surface area (Å²) in [6, 6.07) is 8.51. The molecule has 0 atom stereocenters. The van der Waals surface area contributed by atoms with Crippen LogP contribution >= 0.6 is 0 Å². The fourth-order valence-corrected chi connectivity index (χ4v) is 2.07. The molecule has 7 nitrogen and oxygen atoms in total. The number of anilines is 1. The Balaban J connectivity index is 1.76. The van der Waals surface area contributed by atoms with Crippen LogP contribution in [-0.4, -0.2) is 31.0 Å². The first-order valence-electron chi connectivity index (χ1n) is 6.87. The minimum absolute atomic E-state index is 0.225. The number of aromatic nitrogens is 4. The number of nitrogens with one attached hydrogen (secondary N) is 1. The molecule has 7 heteroatoms. The molecular formula is C16H13N5O2. The van der Waals surface area contributed by atoms with E-state index in [4.69, 9.17) is 0 Å². The summed E-state index contributed by atoms with van der Waals surface area (Å²) in [5.74, 6) is 0.291. The first-order chi connectivity index (χ1) is 11.2. The molecule has 0 fully saturated rings. The highest BCUT2D eigenvalue weighted by molar-refractivity contribution is 5.95. The van der Waals surface area contributed by atoms with Crippen LogP contribution in [0.1, 0.15) is 16.2 Å². The Morgan fingerprint density at radius 2 is 1.87 bits per heavy atom. The van der Waals surface area contributed by atoms with E-state index in [0.717, 1.165) is 0 Å². The number of benzene rings is 1. The molecule has 2 N–H and O–H groups in total. The van der Waals surface area contributed by atoms with Crippen LogP contribution in [0.2, 0.25) is 0 Å². The van der Waals surface area contributed by atoms with Crippen molar-refractivity contribution in [3.05, 3.63) is 66.6 Å². The Kier molecular flexibility index (Phi) is 4.19. The lowest BCUT2D eigenvalue weighted by Crippen LogP contribution is -2.06. The van der Waals surface area contributed by atoms with Crippen molar-refractivity contribution in [2.45, 2.75) is 6.54 Å². The zero-order chi connectivity index (χ0) is 16.1. The summed E-state index contributed by atoms with van der Waals surface area (Å²) >= 11 is 0. The van der Waals surface area contributed by atoms with E-state index in [1.165, 1.54) is 6.33 Å². The van der Waals surface area contributed by atoms with Crippen molar-refractivity contribution in [1.82, 2.24) is 19.9 Å². The van der Waals surface area contributed by atoms with E-state index in [1.54, 1.807) is 48.9 Å². The fraction of sp³-hybridized carbons (Fsp3) is 0.0625. The van der Waals surface area contributed by atoms with Crippen LogP contribution < -0.4 is 5.32 Å². The quantitative estimate of drug-likeness (QED) is 0.745. The van der Waals surface area contributed by atoms with Gasteiger partial charge in [-0.25, -0.2) is 24.7 Å². The standard InChI is InChI=1S/C16H13N5O2/c22-16(23)13-4-2-1-3-12(13)11-7-18-15(19-8-11)9-20-14-5-6-17-10-21-14/h1-8,10H,9H2,(H,22,23)(H,17,20,21). The van der Waals surface area contributed by atoms with E-state index in [0.29, 0.717) is 29.3 Å². The highest BCUT2D eigenvalue weighted by Crippen LogP contribution is 2.22. The maximum Gasteiger partial charge on any atom is 0.336 e. The van der Waals surface area contributed by atoms with Crippen molar-refractivity contribution in [2.75, 3.05) is 5.32 Å². The van der Waals surface area contributed by atoms with Crippen LogP contribution in [0, 0.1) is 0 Å². The van der Waals surface area contributed by atoms with Gasteiger partial charge in [0.05, 0.1) is 12.1 Å². The molecule has 0 aliphatic heterocycles. The summed E-state index contributed by atoms with van der Waals surface area (Å²) in [6.45, 7) is 0.415. The van der Waals surface area contributed by atoms with E-state index in [9.17, 15) is 9.90 Å². The van der Waals surface area contributed by atoms with Gasteiger partial charge in [-0.2, -0.15) is 0 Å². The highest BCUT2D eigenvalue weighted by Gasteiger charge is 2.11. The molecule has 0 unspecified atom stereocenters. The third-order valence-electron chi connectivity index (χ3n) is 3.18. The number of nitrogens with zero attached hydrogens (tertiary/aromatic N) is 4. The van der Waals surface area contributed by atoms with Crippen LogP contribution in [0.5, 0.6) is 0 Å². The molecule has 23 heavy (non-hydrogen) atoms. The van der Waals surface area contributed by atoms with E-state index in [1.807, 2.05) is 0 Å². The molecule has 0 saturated heterocycles. The van der Waals surface area contributed by atoms with E-state index in [-0.39, 0.29) is 5.56 Å². The predicted octanol–water partition coefficient (Wildman–Crippen LogP) is 2.24. The van der Waals surface area contributed by atoms with Gasteiger partial charge in [-0.1, -0.05) is 18.2 Å². The van der Waals surface area contributed by atoms with Crippen molar-refractivity contribution in [2.24, 2.45) is 0 Å². The number of carboxylic acids is 1. The Hall–Kier alpha value is -3.35. The van der Waals surface area contributed by atoms with Gasteiger partial charge in [-0.05, 0) is 17.7 Å². The maximum atomic E-state index is 11.3. The Labute approximate surface area is 132 Å². The largest absolute Gasteiger partial charge is 0.478 e. The number of rotatable bonds is 5. The van der Waals surface area contributed by atoms with Gasteiger partial charge in [0.15, 0.2) is 0 Å². The number of carboxylic acid groups (broad SMARTS) is 1. The molecule has 1 aromatic carbocycles. The van der Waals surface area contributed by atoms with E-state index < -0.39 is 5.97 Å². The van der Waals surface area contributed by atoms with Crippen molar-refractivity contribution in [3.8, 4) is 11.1 Å². The fourth-order valence-electron chi connectivity index (χ4n) is 2.07. The van der Waals surface area contributed by atoms with Gasteiger partial charge in [0.1, 0.15) is 18.0 Å². The Bertz CT molecular complexity index is 806. The summed E-state index contributed by atoms with van der Waals surface area (Å²) in [5, 5.41) is 12.3. The average molecular weight is 307 g/mol. The molecule has 3 aromatic rings. The number of aromatic carboxylic acids is 1. The minimum Gasteiger partial charge on any atom is -0.478 e. The molecule has 2 aromatic heterocycles. The van der Waals surface area contributed by atoms with Crippen LogP contribution in [0.15, 0.2) is 55.2 Å². The molecule has 114 valence electrons. The van der Waals surface area contributed by atoms with E-state index >= 15 is 0 Å². The molecule has 2 heterocycles. The zero-order valence-corrected chi connectivity index (χ0v) is 12.0. The van der Waals surface area contributed by atoms with Crippen LogP contribution in [0.3, 0.4) is 0 Å². The van der Waals surface area contributed by atoms with Gasteiger partial charge in [0.2, 0.25) is 0 Å². The van der Waals surface area contributed by atoms with Gasteiger partial charge >= 0.3 is 5.97 Å². The lowest BCUT2D eigenvalue weighted by molar-refractivity contribution is 0.0697. The lowest BCUT2D eigenvalue weighted by Gasteiger charge is -2.07. The highest BCUT2D eigenvalue weighted by atomic mass is 16.4. The first kappa shape index (κ1) is 14.6. The van der Waals surface area contributed by atoms with Crippen LogP contribution in [0.25, 0.3) is 11.1 Å². The molecule has 0 bridgehead atoms. The van der Waals surface area contributed by atoms with Gasteiger partial charge in [0.25, 0.3) is 0 Å². The number of hydrogen-bond acceptors (Lipinski definition) is 6. The monoisotopic (exact) mass is 307 g/mol. The predicted molar refractivity (Wildman–Crippen MR) is 83.8 cm³/mol. The van der Waals surface area contributed by atoms with Crippen LogP contribution in [0.4, 0.5) is 5.82 Å². The van der Waals surface area contributed by atoms with Crippen LogP contribution in [-0.2, 0) is 6.54 Å². The van der Waals surface area contributed by atoms with Crippen molar-refractivity contribution < 1.29 is 9.90 Å². The van der Waals surface area contributed by atoms with Crippen molar-refractivity contribution in [1.29, 1.82) is 0 Å². The molecule has 0 amide bonds. The smallest absolute Gasteiger partial charge is 0.336 e. The molecule has 0 radical (unpaired) electrons. The summed E-state index contributed by atoms with van der Waals surface area (Å²) < 4.78 is 0. The maximum absolute atomic E-state index is 11.3. The minimum atomic E-state index is -0.977. The topological polar surface area (TPSA) is 101 Å². The first-order valence-corrected chi connectivity index (χ1v) is 6.87. The third kappa shape index (κ3) is 3.46. The second kappa shape index (κ2) is 6.61. The Morgan fingerprint density at radius 3 is 2.57 bits per heavy atom. The van der Waals surface area contributed by atoms with Gasteiger partial charge in [-0.15, -0.1) is 0 Å². The van der Waals surface area contributed by atoms with E-state index in [2.05, 4.69) is 25.3 Å². The lowest BCUT2D eigenvalue weighted by atomic mass is 10.0. The SMILES string of the molecule is O=C(O)c1ccccc1-c1cnc(CNc2ccncn2)nc1. The molecule has 0 aliphatic rings. The Morgan fingerprint density at radius 1 is 1.09 bits per heavy atom. The summed E-state index contributed by atoms with van der Waals surface area (Å²) in [4.78, 5) is 27.7. The molecular weight excluding hydrogens is 294 g/mol.